The van der Waals surface area contributed by atoms with Crippen molar-refractivity contribution in [1.29, 1.82) is 0 Å². The normalized spacial score (nSPS) is 18.7. The highest BCUT2D eigenvalue weighted by molar-refractivity contribution is 5.98. The second-order valence-corrected chi connectivity index (χ2v) is 8.52. The molecule has 31 heavy (non-hydrogen) atoms. The molecule has 0 amide bonds. The van der Waals surface area contributed by atoms with E-state index in [1.165, 1.54) is 25.1 Å². The number of carbonyl (C=O) groups excluding carboxylic acids is 1. The van der Waals surface area contributed by atoms with Crippen molar-refractivity contribution in [2.45, 2.75) is 58.8 Å². The molecule has 0 radical (unpaired) electrons. The SMILES string of the molecule is CCCc1ccc(OCC2CCC(CC(=O)c3ccc(C)c(F)c3O)CC2)c(F)c1F. The summed E-state index contributed by atoms with van der Waals surface area (Å²) in [4.78, 5) is 12.5. The lowest BCUT2D eigenvalue weighted by Gasteiger charge is -2.28. The number of aromatic hydroxyl groups is 1. The van der Waals surface area contributed by atoms with Crippen LogP contribution in [0.5, 0.6) is 11.5 Å². The number of halogens is 3. The van der Waals surface area contributed by atoms with Crippen molar-refractivity contribution in [2.75, 3.05) is 6.61 Å². The van der Waals surface area contributed by atoms with Crippen molar-refractivity contribution in [3.8, 4) is 11.5 Å². The van der Waals surface area contributed by atoms with Crippen LogP contribution < -0.4 is 4.74 Å². The second-order valence-electron chi connectivity index (χ2n) is 8.52. The molecule has 0 heterocycles. The zero-order valence-corrected chi connectivity index (χ0v) is 18.0. The largest absolute Gasteiger partial charge is 0.504 e. The van der Waals surface area contributed by atoms with Gasteiger partial charge in [0.2, 0.25) is 5.82 Å². The average Bonchev–Trinajstić information content (AvgIpc) is 2.76. The van der Waals surface area contributed by atoms with Gasteiger partial charge in [0.15, 0.2) is 28.9 Å². The minimum atomic E-state index is -0.935. The molecule has 1 fully saturated rings. The highest BCUT2D eigenvalue weighted by atomic mass is 19.2. The lowest BCUT2D eigenvalue weighted by Crippen LogP contribution is -2.22. The maximum atomic E-state index is 14.2. The molecule has 0 aliphatic heterocycles. The van der Waals surface area contributed by atoms with Crippen LogP contribution in [0, 0.1) is 36.2 Å². The maximum Gasteiger partial charge on any atom is 0.200 e. The lowest BCUT2D eigenvalue weighted by molar-refractivity contribution is 0.0930. The van der Waals surface area contributed by atoms with E-state index < -0.39 is 23.2 Å². The van der Waals surface area contributed by atoms with Crippen LogP contribution in [0.25, 0.3) is 0 Å². The molecule has 0 atom stereocenters. The monoisotopic (exact) mass is 434 g/mol. The average molecular weight is 434 g/mol. The van der Waals surface area contributed by atoms with Crippen LogP contribution in [-0.2, 0) is 6.42 Å². The van der Waals surface area contributed by atoms with E-state index in [0.717, 1.165) is 32.1 Å². The number of benzene rings is 2. The van der Waals surface area contributed by atoms with Crippen molar-refractivity contribution in [1.82, 2.24) is 0 Å². The summed E-state index contributed by atoms with van der Waals surface area (Å²) < 4.78 is 47.7. The first-order chi connectivity index (χ1) is 14.8. The summed E-state index contributed by atoms with van der Waals surface area (Å²) in [5.41, 5.74) is 0.681. The molecule has 1 aliphatic carbocycles. The summed E-state index contributed by atoms with van der Waals surface area (Å²) >= 11 is 0. The number of hydrogen-bond donors (Lipinski definition) is 1. The molecule has 0 saturated heterocycles. The van der Waals surface area contributed by atoms with Crippen LogP contribution in [0.4, 0.5) is 13.2 Å². The number of carbonyl (C=O) groups is 1. The molecule has 2 aromatic carbocycles. The van der Waals surface area contributed by atoms with Gasteiger partial charge in [-0.2, -0.15) is 4.39 Å². The first kappa shape index (κ1) is 23.2. The van der Waals surface area contributed by atoms with E-state index in [0.29, 0.717) is 24.2 Å². The quantitative estimate of drug-likeness (QED) is 0.481. The fourth-order valence-electron chi connectivity index (χ4n) is 4.22. The van der Waals surface area contributed by atoms with Crippen molar-refractivity contribution in [3.05, 3.63) is 58.4 Å². The van der Waals surface area contributed by atoms with E-state index in [4.69, 9.17) is 4.74 Å². The first-order valence-electron chi connectivity index (χ1n) is 10.9. The molecule has 0 spiro atoms. The third-order valence-corrected chi connectivity index (χ3v) is 6.17. The Kier molecular flexibility index (Phi) is 7.63. The summed E-state index contributed by atoms with van der Waals surface area (Å²) in [7, 11) is 0. The number of Topliss-reactive ketones (excluding diaryl/α,β-unsaturated/α-hetero) is 1. The first-order valence-corrected chi connectivity index (χ1v) is 10.9. The van der Waals surface area contributed by atoms with Gasteiger partial charge in [-0.25, -0.2) is 8.78 Å². The van der Waals surface area contributed by atoms with Gasteiger partial charge in [0.1, 0.15) is 0 Å². The Morgan fingerprint density at radius 1 is 1.00 bits per heavy atom. The fraction of sp³-hybridized carbons (Fsp3) is 0.480. The van der Waals surface area contributed by atoms with Crippen molar-refractivity contribution >= 4 is 5.78 Å². The highest BCUT2D eigenvalue weighted by Crippen LogP contribution is 2.34. The van der Waals surface area contributed by atoms with Crippen LogP contribution in [0.1, 0.15) is 66.9 Å². The van der Waals surface area contributed by atoms with Crippen molar-refractivity contribution in [3.63, 3.8) is 0 Å². The number of hydrogen-bond acceptors (Lipinski definition) is 3. The third-order valence-electron chi connectivity index (χ3n) is 6.17. The van der Waals surface area contributed by atoms with E-state index >= 15 is 0 Å². The van der Waals surface area contributed by atoms with Gasteiger partial charge < -0.3 is 9.84 Å². The Balaban J connectivity index is 1.50. The van der Waals surface area contributed by atoms with Gasteiger partial charge in [-0.05, 0) is 74.1 Å². The molecule has 168 valence electrons. The summed E-state index contributed by atoms with van der Waals surface area (Å²) in [5.74, 6) is -3.08. The summed E-state index contributed by atoms with van der Waals surface area (Å²) in [5, 5.41) is 9.92. The zero-order valence-electron chi connectivity index (χ0n) is 18.0. The summed E-state index contributed by atoms with van der Waals surface area (Å²) in [6.45, 7) is 3.74. The van der Waals surface area contributed by atoms with Crippen molar-refractivity contribution < 1.29 is 27.8 Å². The van der Waals surface area contributed by atoms with Crippen molar-refractivity contribution in [2.24, 2.45) is 11.8 Å². The Morgan fingerprint density at radius 3 is 2.35 bits per heavy atom. The molecular weight excluding hydrogens is 405 g/mol. The zero-order chi connectivity index (χ0) is 22.5. The number of ether oxygens (including phenoxy) is 1. The van der Waals surface area contributed by atoms with Gasteiger partial charge in [-0.3, -0.25) is 4.79 Å². The number of rotatable bonds is 8. The third kappa shape index (κ3) is 5.41. The standard InChI is InChI=1S/C25H29F3O3/c1-3-4-18-10-12-21(24(28)23(18)27)31-14-17-8-6-16(7-9-17)13-20(29)19-11-5-15(2)22(26)25(19)30/h5,10-12,16-17,30H,3-4,6-9,13-14H2,1-2H3. The molecule has 1 saturated carbocycles. The van der Waals surface area contributed by atoms with Crippen LogP contribution in [0.2, 0.25) is 0 Å². The summed E-state index contributed by atoms with van der Waals surface area (Å²) in [6, 6.07) is 6.02. The molecule has 3 nitrogen and oxygen atoms in total. The number of aryl methyl sites for hydroxylation is 2. The molecule has 1 aliphatic rings. The van der Waals surface area contributed by atoms with E-state index in [1.54, 1.807) is 6.07 Å². The minimum absolute atomic E-state index is 0.0255. The van der Waals surface area contributed by atoms with Gasteiger partial charge in [-0.15, -0.1) is 0 Å². The smallest absolute Gasteiger partial charge is 0.200 e. The minimum Gasteiger partial charge on any atom is -0.504 e. The molecule has 2 aromatic rings. The lowest BCUT2D eigenvalue weighted by atomic mass is 9.79. The highest BCUT2D eigenvalue weighted by Gasteiger charge is 2.26. The van der Waals surface area contributed by atoms with Crippen LogP contribution in [0.3, 0.4) is 0 Å². The molecular formula is C25H29F3O3. The predicted molar refractivity (Wildman–Crippen MR) is 113 cm³/mol. The Labute approximate surface area is 181 Å². The van der Waals surface area contributed by atoms with E-state index in [2.05, 4.69) is 0 Å². The number of ketones is 1. The van der Waals surface area contributed by atoms with E-state index in [1.807, 2.05) is 6.92 Å². The summed E-state index contributed by atoms with van der Waals surface area (Å²) in [6.07, 6.45) is 4.68. The van der Waals surface area contributed by atoms with Crippen LogP contribution >= 0.6 is 0 Å². The van der Waals surface area contributed by atoms with E-state index in [9.17, 15) is 23.1 Å². The molecule has 0 aromatic heterocycles. The van der Waals surface area contributed by atoms with Gasteiger partial charge in [-0.1, -0.05) is 25.5 Å². The van der Waals surface area contributed by atoms with Crippen LogP contribution in [0.15, 0.2) is 24.3 Å². The van der Waals surface area contributed by atoms with Gasteiger partial charge in [0.05, 0.1) is 12.2 Å². The maximum absolute atomic E-state index is 14.2. The predicted octanol–water partition coefficient (Wildman–Crippen LogP) is 6.53. The van der Waals surface area contributed by atoms with E-state index in [-0.39, 0.29) is 35.4 Å². The Morgan fingerprint density at radius 2 is 1.68 bits per heavy atom. The van der Waals surface area contributed by atoms with Gasteiger partial charge in [0.25, 0.3) is 0 Å². The molecule has 6 heteroatoms. The number of phenolic OH excluding ortho intramolecular Hbond substituents is 1. The van der Waals surface area contributed by atoms with Gasteiger partial charge >= 0.3 is 0 Å². The van der Waals surface area contributed by atoms with Crippen LogP contribution in [-0.4, -0.2) is 17.5 Å². The topological polar surface area (TPSA) is 46.5 Å². The number of phenols is 1. The second kappa shape index (κ2) is 10.2. The molecule has 1 N–H and O–H groups in total. The molecule has 0 bridgehead atoms. The van der Waals surface area contributed by atoms with Gasteiger partial charge in [0, 0.05) is 6.42 Å². The molecule has 3 rings (SSSR count). The Hall–Kier alpha value is -2.50. The molecule has 0 unspecified atom stereocenters. The fourth-order valence-corrected chi connectivity index (χ4v) is 4.22. The Bertz CT molecular complexity index is 934.